The molecule has 6 nitrogen and oxygen atoms in total. The van der Waals surface area contributed by atoms with Crippen LogP contribution in [0, 0.1) is 12.8 Å². The molecule has 1 fully saturated rings. The second-order valence-electron chi connectivity index (χ2n) is 6.08. The lowest BCUT2D eigenvalue weighted by Crippen LogP contribution is -2.39. The summed E-state index contributed by atoms with van der Waals surface area (Å²) in [7, 11) is 0. The van der Waals surface area contributed by atoms with Crippen LogP contribution < -0.4 is 5.32 Å². The second kappa shape index (κ2) is 7.02. The molecule has 2 heterocycles. The highest BCUT2D eigenvalue weighted by Crippen LogP contribution is 2.29. The van der Waals surface area contributed by atoms with Gasteiger partial charge in [-0.3, -0.25) is 9.36 Å². The topological polar surface area (TPSA) is 72.7 Å². The van der Waals surface area contributed by atoms with Crippen LogP contribution in [-0.2, 0) is 0 Å². The quantitative estimate of drug-likeness (QED) is 0.932. The van der Waals surface area contributed by atoms with Crippen molar-refractivity contribution in [3.05, 3.63) is 36.2 Å². The standard InChI is InChI=1S/C16H19F2N5O/c1-10-8-13(22-16(20-10)23-7-6-19-9-23)15(24)21-12-4-2-11(3-5-12)14(17)18/h6-9,11-12,14H,2-5H2,1H3,(H,21,24)/t11-,12-. The summed E-state index contributed by atoms with van der Waals surface area (Å²) in [6, 6.07) is 1.53. The molecule has 3 rings (SSSR count). The number of carbonyl (C=O) groups excluding carboxylic acids is 1. The maximum Gasteiger partial charge on any atom is 0.270 e. The summed E-state index contributed by atoms with van der Waals surface area (Å²) in [4.78, 5) is 24.9. The molecular weight excluding hydrogens is 316 g/mol. The monoisotopic (exact) mass is 335 g/mol. The Kier molecular flexibility index (Phi) is 4.82. The van der Waals surface area contributed by atoms with E-state index in [1.807, 2.05) is 0 Å². The van der Waals surface area contributed by atoms with E-state index < -0.39 is 12.3 Å². The third-order valence-electron chi connectivity index (χ3n) is 4.27. The van der Waals surface area contributed by atoms with Crippen molar-refractivity contribution in [3.63, 3.8) is 0 Å². The Hall–Kier alpha value is -2.38. The maximum atomic E-state index is 12.7. The number of hydrogen-bond acceptors (Lipinski definition) is 4. The summed E-state index contributed by atoms with van der Waals surface area (Å²) < 4.78 is 27.0. The molecule has 24 heavy (non-hydrogen) atoms. The van der Waals surface area contributed by atoms with Crippen molar-refractivity contribution in [2.45, 2.75) is 45.1 Å². The number of nitrogens with zero attached hydrogens (tertiary/aromatic N) is 4. The van der Waals surface area contributed by atoms with Gasteiger partial charge in [-0.2, -0.15) is 0 Å². The Morgan fingerprint density at radius 3 is 2.67 bits per heavy atom. The van der Waals surface area contributed by atoms with E-state index in [0.717, 1.165) is 0 Å². The van der Waals surface area contributed by atoms with Crippen molar-refractivity contribution >= 4 is 5.91 Å². The highest BCUT2D eigenvalue weighted by molar-refractivity contribution is 5.92. The molecule has 1 aliphatic rings. The number of carbonyl (C=O) groups is 1. The molecule has 0 saturated heterocycles. The summed E-state index contributed by atoms with van der Waals surface area (Å²) in [6.07, 6.45) is 4.59. The minimum absolute atomic E-state index is 0.0838. The van der Waals surface area contributed by atoms with Gasteiger partial charge in [-0.25, -0.2) is 23.7 Å². The largest absolute Gasteiger partial charge is 0.348 e. The fraction of sp³-hybridized carbons (Fsp3) is 0.500. The van der Waals surface area contributed by atoms with Crippen molar-refractivity contribution in [1.82, 2.24) is 24.8 Å². The van der Waals surface area contributed by atoms with Crippen molar-refractivity contribution in [2.24, 2.45) is 5.92 Å². The Bertz CT molecular complexity index is 696. The number of imidazole rings is 1. The Morgan fingerprint density at radius 1 is 1.29 bits per heavy atom. The summed E-state index contributed by atoms with van der Waals surface area (Å²) in [5.74, 6) is -0.478. The van der Waals surface area contributed by atoms with Crippen molar-refractivity contribution in [1.29, 1.82) is 0 Å². The highest BCUT2D eigenvalue weighted by atomic mass is 19.3. The molecule has 0 aromatic carbocycles. The SMILES string of the molecule is Cc1cc(C(=O)N[C@H]2CC[C@H](C(F)F)CC2)nc(-n2ccnc2)n1. The van der Waals surface area contributed by atoms with Gasteiger partial charge >= 0.3 is 0 Å². The lowest BCUT2D eigenvalue weighted by atomic mass is 9.86. The molecule has 0 spiro atoms. The molecule has 0 bridgehead atoms. The van der Waals surface area contributed by atoms with Gasteiger partial charge in [0.15, 0.2) is 0 Å². The van der Waals surface area contributed by atoms with E-state index in [1.165, 1.54) is 0 Å². The average molecular weight is 335 g/mol. The van der Waals surface area contributed by atoms with E-state index in [4.69, 9.17) is 0 Å². The minimum atomic E-state index is -2.27. The minimum Gasteiger partial charge on any atom is -0.348 e. The van der Waals surface area contributed by atoms with Crippen LogP contribution >= 0.6 is 0 Å². The molecular formula is C16H19F2N5O. The summed E-state index contributed by atoms with van der Waals surface area (Å²) in [5, 5.41) is 2.90. The Morgan fingerprint density at radius 2 is 2.04 bits per heavy atom. The van der Waals surface area contributed by atoms with Crippen LogP contribution in [0.15, 0.2) is 24.8 Å². The molecule has 1 N–H and O–H groups in total. The first-order valence-electron chi connectivity index (χ1n) is 7.96. The zero-order valence-electron chi connectivity index (χ0n) is 13.3. The zero-order valence-corrected chi connectivity index (χ0v) is 13.3. The van der Waals surface area contributed by atoms with Gasteiger partial charge in [-0.15, -0.1) is 0 Å². The predicted octanol–water partition coefficient (Wildman–Crippen LogP) is 2.52. The van der Waals surface area contributed by atoms with Crippen molar-refractivity contribution < 1.29 is 13.6 Å². The van der Waals surface area contributed by atoms with Crippen LogP contribution in [0.4, 0.5) is 8.78 Å². The smallest absolute Gasteiger partial charge is 0.270 e. The van der Waals surface area contributed by atoms with Gasteiger partial charge in [-0.05, 0) is 38.7 Å². The number of rotatable bonds is 4. The third-order valence-corrected chi connectivity index (χ3v) is 4.27. The number of halogens is 2. The molecule has 2 aromatic heterocycles. The fourth-order valence-corrected chi connectivity index (χ4v) is 2.94. The number of nitrogens with one attached hydrogen (secondary N) is 1. The molecule has 0 aliphatic heterocycles. The van der Waals surface area contributed by atoms with Gasteiger partial charge < -0.3 is 5.32 Å². The number of alkyl halides is 2. The van der Waals surface area contributed by atoms with Crippen LogP contribution in [0.3, 0.4) is 0 Å². The lowest BCUT2D eigenvalue weighted by Gasteiger charge is -2.28. The van der Waals surface area contributed by atoms with Gasteiger partial charge in [0.05, 0.1) is 0 Å². The van der Waals surface area contributed by atoms with E-state index in [9.17, 15) is 13.6 Å². The van der Waals surface area contributed by atoms with Gasteiger partial charge in [-0.1, -0.05) is 0 Å². The van der Waals surface area contributed by atoms with E-state index >= 15 is 0 Å². The van der Waals surface area contributed by atoms with Gasteiger partial charge in [0.1, 0.15) is 12.0 Å². The van der Waals surface area contributed by atoms with Crippen LogP contribution in [-0.4, -0.2) is 37.9 Å². The first-order valence-corrected chi connectivity index (χ1v) is 7.96. The number of amides is 1. The number of aromatic nitrogens is 4. The first kappa shape index (κ1) is 16.5. The van der Waals surface area contributed by atoms with Gasteiger partial charge in [0, 0.05) is 30.0 Å². The summed E-state index contributed by atoms with van der Waals surface area (Å²) >= 11 is 0. The second-order valence-corrected chi connectivity index (χ2v) is 6.08. The summed E-state index contributed by atoms with van der Waals surface area (Å²) in [6.45, 7) is 1.78. The van der Waals surface area contributed by atoms with E-state index in [2.05, 4.69) is 20.3 Å². The predicted molar refractivity (Wildman–Crippen MR) is 83.1 cm³/mol. The molecule has 0 atom stereocenters. The molecule has 8 heteroatoms. The molecule has 0 unspecified atom stereocenters. The van der Waals surface area contributed by atoms with Crippen LogP contribution in [0.25, 0.3) is 5.95 Å². The molecule has 2 aromatic rings. The van der Waals surface area contributed by atoms with Crippen LogP contribution in [0.1, 0.15) is 41.9 Å². The molecule has 1 saturated carbocycles. The zero-order chi connectivity index (χ0) is 17.1. The van der Waals surface area contributed by atoms with Crippen molar-refractivity contribution in [3.8, 4) is 5.95 Å². The maximum absolute atomic E-state index is 12.7. The van der Waals surface area contributed by atoms with E-state index in [0.29, 0.717) is 37.3 Å². The number of aryl methyl sites for hydroxylation is 1. The Balaban J connectivity index is 1.67. The van der Waals surface area contributed by atoms with Crippen molar-refractivity contribution in [2.75, 3.05) is 0 Å². The average Bonchev–Trinajstić information content (AvgIpc) is 3.09. The van der Waals surface area contributed by atoms with E-state index in [1.54, 1.807) is 36.3 Å². The molecule has 0 radical (unpaired) electrons. The summed E-state index contributed by atoms with van der Waals surface area (Å²) in [5.41, 5.74) is 0.933. The van der Waals surface area contributed by atoms with Crippen LogP contribution in [0.5, 0.6) is 0 Å². The Labute approximate surface area is 138 Å². The normalized spacial score (nSPS) is 21.0. The highest BCUT2D eigenvalue weighted by Gasteiger charge is 2.28. The molecule has 128 valence electrons. The molecule has 1 amide bonds. The van der Waals surface area contributed by atoms with Crippen LogP contribution in [0.2, 0.25) is 0 Å². The van der Waals surface area contributed by atoms with Gasteiger partial charge in [0.25, 0.3) is 5.91 Å². The lowest BCUT2D eigenvalue weighted by molar-refractivity contribution is 0.0499. The number of hydrogen-bond donors (Lipinski definition) is 1. The molecule has 1 aliphatic carbocycles. The van der Waals surface area contributed by atoms with Gasteiger partial charge in [0.2, 0.25) is 12.4 Å². The van der Waals surface area contributed by atoms with E-state index in [-0.39, 0.29) is 17.6 Å². The fourth-order valence-electron chi connectivity index (χ4n) is 2.94. The third kappa shape index (κ3) is 3.74. The first-order chi connectivity index (χ1) is 11.5.